The number of aromatic nitrogens is 2. The number of nitrogens with zero attached hydrogens (tertiary/aromatic N) is 1. The van der Waals surface area contributed by atoms with E-state index in [-0.39, 0.29) is 0 Å². The van der Waals surface area contributed by atoms with Crippen molar-refractivity contribution in [1.82, 2.24) is 9.97 Å². The molecule has 4 nitrogen and oxygen atoms in total. The Morgan fingerprint density at radius 1 is 0.795 bits per heavy atom. The van der Waals surface area contributed by atoms with Crippen LogP contribution in [0.5, 0.6) is 0 Å². The van der Waals surface area contributed by atoms with Crippen molar-refractivity contribution < 1.29 is 4.74 Å². The SMILES string of the molecule is CCCCCCCCCCCCCCCc1[nH]c(/C(C)=C2/N=C(c3ccc[nH]3)C=C2OC)cc1CCCCC. The molecule has 3 rings (SSSR count). The van der Waals surface area contributed by atoms with E-state index in [2.05, 4.69) is 42.9 Å². The Balaban J connectivity index is 1.51. The van der Waals surface area contributed by atoms with E-state index < -0.39 is 0 Å². The zero-order valence-corrected chi connectivity index (χ0v) is 25.5. The minimum absolute atomic E-state index is 0.831. The van der Waals surface area contributed by atoms with Crippen LogP contribution in [-0.4, -0.2) is 22.8 Å². The number of hydrogen-bond acceptors (Lipinski definition) is 2. The maximum absolute atomic E-state index is 5.72. The molecule has 0 aromatic carbocycles. The van der Waals surface area contributed by atoms with Crippen molar-refractivity contribution >= 4 is 11.3 Å². The van der Waals surface area contributed by atoms with Crippen LogP contribution in [0.15, 0.2) is 46.9 Å². The van der Waals surface area contributed by atoms with E-state index in [4.69, 9.17) is 9.73 Å². The smallest absolute Gasteiger partial charge is 0.147 e. The molecule has 0 radical (unpaired) electrons. The number of rotatable bonds is 21. The van der Waals surface area contributed by atoms with Gasteiger partial charge in [-0.25, -0.2) is 4.99 Å². The summed E-state index contributed by atoms with van der Waals surface area (Å²) in [4.78, 5) is 12.0. The second-order valence-electron chi connectivity index (χ2n) is 11.4. The Kier molecular flexibility index (Phi) is 14.3. The van der Waals surface area contributed by atoms with Crippen LogP contribution in [0.2, 0.25) is 0 Å². The fourth-order valence-corrected chi connectivity index (χ4v) is 5.65. The molecule has 0 bridgehead atoms. The number of aliphatic imine (C=N–C) groups is 1. The van der Waals surface area contributed by atoms with E-state index in [1.165, 1.54) is 120 Å². The van der Waals surface area contributed by atoms with E-state index in [9.17, 15) is 0 Å². The van der Waals surface area contributed by atoms with Crippen LogP contribution >= 0.6 is 0 Å². The Labute approximate surface area is 238 Å². The lowest BCUT2D eigenvalue weighted by atomic mass is 10.0. The molecular formula is C35H55N3O. The fraction of sp³-hybridized carbons (Fsp3) is 0.629. The van der Waals surface area contributed by atoms with Crippen LogP contribution in [0.3, 0.4) is 0 Å². The third-order valence-corrected chi connectivity index (χ3v) is 8.16. The van der Waals surface area contributed by atoms with Gasteiger partial charge in [-0.1, -0.05) is 104 Å². The maximum atomic E-state index is 5.72. The highest BCUT2D eigenvalue weighted by Gasteiger charge is 2.21. The van der Waals surface area contributed by atoms with Gasteiger partial charge in [-0.05, 0) is 56.4 Å². The molecule has 3 heterocycles. The van der Waals surface area contributed by atoms with Crippen LogP contribution in [0.25, 0.3) is 5.57 Å². The lowest BCUT2D eigenvalue weighted by Gasteiger charge is -2.06. The zero-order valence-electron chi connectivity index (χ0n) is 25.5. The predicted molar refractivity (Wildman–Crippen MR) is 168 cm³/mol. The van der Waals surface area contributed by atoms with E-state index in [1.807, 2.05) is 18.3 Å². The fourth-order valence-electron chi connectivity index (χ4n) is 5.65. The number of aryl methyl sites for hydroxylation is 2. The second kappa shape index (κ2) is 18.0. The number of ether oxygens (including phenoxy) is 1. The maximum Gasteiger partial charge on any atom is 0.147 e. The number of allylic oxidation sites excluding steroid dienone is 2. The van der Waals surface area contributed by atoms with Gasteiger partial charge in [0, 0.05) is 29.2 Å². The van der Waals surface area contributed by atoms with E-state index in [0.717, 1.165) is 41.3 Å². The molecule has 216 valence electrons. The topological polar surface area (TPSA) is 53.2 Å². The Morgan fingerprint density at radius 3 is 1.97 bits per heavy atom. The molecule has 0 saturated heterocycles. The lowest BCUT2D eigenvalue weighted by Crippen LogP contribution is -1.94. The van der Waals surface area contributed by atoms with Gasteiger partial charge in [0.25, 0.3) is 0 Å². The van der Waals surface area contributed by atoms with E-state index in [0.29, 0.717) is 0 Å². The molecule has 0 aliphatic carbocycles. The number of nitrogens with one attached hydrogen (secondary N) is 2. The first-order valence-electron chi connectivity index (χ1n) is 16.1. The monoisotopic (exact) mass is 533 g/mol. The highest BCUT2D eigenvalue weighted by atomic mass is 16.5. The van der Waals surface area contributed by atoms with Gasteiger partial charge < -0.3 is 14.7 Å². The van der Waals surface area contributed by atoms with Crippen LogP contribution in [0.4, 0.5) is 0 Å². The Hall–Kier alpha value is -2.49. The first-order chi connectivity index (χ1) is 19.2. The minimum atomic E-state index is 0.831. The summed E-state index contributed by atoms with van der Waals surface area (Å²) in [6.45, 7) is 6.74. The van der Waals surface area contributed by atoms with Crippen LogP contribution in [0.1, 0.15) is 146 Å². The number of hydrogen-bond donors (Lipinski definition) is 2. The number of methoxy groups -OCH3 is 1. The van der Waals surface area contributed by atoms with Crippen molar-refractivity contribution in [3.05, 3.63) is 64.6 Å². The van der Waals surface area contributed by atoms with E-state index >= 15 is 0 Å². The van der Waals surface area contributed by atoms with Gasteiger partial charge in [-0.3, -0.25) is 0 Å². The first-order valence-corrected chi connectivity index (χ1v) is 16.1. The van der Waals surface area contributed by atoms with Gasteiger partial charge in [0.2, 0.25) is 0 Å². The third-order valence-electron chi connectivity index (χ3n) is 8.16. The van der Waals surface area contributed by atoms with Gasteiger partial charge in [0.15, 0.2) is 0 Å². The van der Waals surface area contributed by atoms with Gasteiger partial charge in [-0.2, -0.15) is 0 Å². The summed E-state index contributed by atoms with van der Waals surface area (Å²) in [6, 6.07) is 6.43. The summed E-state index contributed by atoms with van der Waals surface area (Å²) in [5.41, 5.74) is 8.12. The molecule has 0 amide bonds. The standard InChI is InChI=1S/C35H55N3O/c1-5-7-9-10-11-12-13-14-15-16-17-18-20-23-30-29(22-19-8-6-2)26-32(37-30)28(3)35-34(39-4)27-33(38-35)31-24-21-25-36-31/h21,24-27,36-37H,5-20,22-23H2,1-4H3/b35-28+. The first kappa shape index (κ1) is 31.0. The number of H-pyrrole nitrogens is 2. The van der Waals surface area contributed by atoms with Crippen molar-refractivity contribution in [1.29, 1.82) is 0 Å². The minimum Gasteiger partial charge on any atom is -0.494 e. The summed E-state index contributed by atoms with van der Waals surface area (Å²) in [6.07, 6.45) is 28.2. The molecular weight excluding hydrogens is 478 g/mol. The third kappa shape index (κ3) is 10.2. The summed E-state index contributed by atoms with van der Waals surface area (Å²) in [5.74, 6) is 0.831. The molecule has 4 heteroatoms. The summed E-state index contributed by atoms with van der Waals surface area (Å²) < 4.78 is 5.72. The van der Waals surface area contributed by atoms with Crippen molar-refractivity contribution in [2.24, 2.45) is 4.99 Å². The van der Waals surface area contributed by atoms with Crippen LogP contribution in [-0.2, 0) is 17.6 Å². The second-order valence-corrected chi connectivity index (χ2v) is 11.4. The normalized spacial score (nSPS) is 14.6. The van der Waals surface area contributed by atoms with Gasteiger partial charge in [-0.15, -0.1) is 0 Å². The number of aromatic amines is 2. The molecule has 39 heavy (non-hydrogen) atoms. The summed E-state index contributed by atoms with van der Waals surface area (Å²) >= 11 is 0. The van der Waals surface area contributed by atoms with Crippen LogP contribution < -0.4 is 0 Å². The highest BCUT2D eigenvalue weighted by Crippen LogP contribution is 2.31. The molecule has 2 N–H and O–H groups in total. The van der Waals surface area contributed by atoms with Crippen LogP contribution in [0, 0.1) is 0 Å². The molecule has 1 aliphatic rings. The average Bonchev–Trinajstić information content (AvgIpc) is 3.71. The highest BCUT2D eigenvalue weighted by molar-refractivity contribution is 6.11. The van der Waals surface area contributed by atoms with Crippen molar-refractivity contribution in [2.45, 2.75) is 136 Å². The average molecular weight is 534 g/mol. The van der Waals surface area contributed by atoms with Crippen molar-refractivity contribution in [3.8, 4) is 0 Å². The molecule has 0 unspecified atom stereocenters. The quantitative estimate of drug-likeness (QED) is 0.154. The molecule has 2 aromatic rings. The Morgan fingerprint density at radius 2 is 1.38 bits per heavy atom. The molecule has 0 fully saturated rings. The number of unbranched alkanes of at least 4 members (excludes halogenated alkanes) is 14. The molecule has 1 aliphatic heterocycles. The Bertz CT molecular complexity index is 1040. The summed E-state index contributed by atoms with van der Waals surface area (Å²) in [5, 5.41) is 0. The molecule has 0 spiro atoms. The predicted octanol–water partition coefficient (Wildman–Crippen LogP) is 10.5. The summed E-state index contributed by atoms with van der Waals surface area (Å²) in [7, 11) is 1.73. The largest absolute Gasteiger partial charge is 0.494 e. The van der Waals surface area contributed by atoms with Crippen molar-refractivity contribution in [2.75, 3.05) is 7.11 Å². The molecule has 2 aromatic heterocycles. The van der Waals surface area contributed by atoms with Crippen molar-refractivity contribution in [3.63, 3.8) is 0 Å². The van der Waals surface area contributed by atoms with E-state index in [1.54, 1.807) is 7.11 Å². The van der Waals surface area contributed by atoms with Gasteiger partial charge in [0.05, 0.1) is 18.5 Å². The van der Waals surface area contributed by atoms with Gasteiger partial charge >= 0.3 is 0 Å². The molecule has 0 saturated carbocycles. The van der Waals surface area contributed by atoms with Gasteiger partial charge in [0.1, 0.15) is 11.5 Å². The zero-order chi connectivity index (χ0) is 27.7. The lowest BCUT2D eigenvalue weighted by molar-refractivity contribution is 0.302. The molecule has 0 atom stereocenters.